The van der Waals surface area contributed by atoms with Gasteiger partial charge in [-0.25, -0.2) is 4.79 Å². The second-order valence-electron chi connectivity index (χ2n) is 5.75. The summed E-state index contributed by atoms with van der Waals surface area (Å²) >= 11 is 6.26. The zero-order chi connectivity index (χ0) is 17.0. The Kier molecular flexibility index (Phi) is 5.29. The van der Waals surface area contributed by atoms with Gasteiger partial charge in [0.15, 0.2) is 5.60 Å². The fourth-order valence-electron chi connectivity index (χ4n) is 2.29. The van der Waals surface area contributed by atoms with E-state index in [0.29, 0.717) is 22.9 Å². The molecule has 0 saturated heterocycles. The number of hydrogen-bond acceptors (Lipinski definition) is 3. The van der Waals surface area contributed by atoms with Crippen molar-refractivity contribution in [2.45, 2.75) is 32.5 Å². The number of aliphatic carboxylic acids is 1. The van der Waals surface area contributed by atoms with E-state index in [-0.39, 0.29) is 6.42 Å². The predicted octanol–water partition coefficient (Wildman–Crippen LogP) is 3.61. The molecule has 1 atom stereocenters. The maximum atomic E-state index is 11.0. The molecule has 0 amide bonds. The van der Waals surface area contributed by atoms with Crippen LogP contribution < -0.4 is 4.74 Å². The Labute approximate surface area is 140 Å². The summed E-state index contributed by atoms with van der Waals surface area (Å²) in [6, 6.07) is 13.1. The highest BCUT2D eigenvalue weighted by atomic mass is 35.5. The molecule has 2 aromatic rings. The van der Waals surface area contributed by atoms with Gasteiger partial charge in [0.05, 0.1) is 5.02 Å². The van der Waals surface area contributed by atoms with Crippen molar-refractivity contribution in [3.63, 3.8) is 0 Å². The highest BCUT2D eigenvalue weighted by Gasteiger charge is 2.30. The zero-order valence-corrected chi connectivity index (χ0v) is 13.8. The standard InChI is InChI=1S/C18H19ClO4/c1-12-8-14(10-18(2,22)17(20)21)9-15(19)16(12)23-11-13-6-4-3-5-7-13/h3-9,22H,10-11H2,1-2H3,(H,20,21)/t18-/m1/s1. The molecule has 0 heterocycles. The van der Waals surface area contributed by atoms with E-state index in [1.165, 1.54) is 6.92 Å². The fourth-order valence-corrected chi connectivity index (χ4v) is 2.63. The lowest BCUT2D eigenvalue weighted by atomic mass is 9.95. The first-order chi connectivity index (χ1) is 10.8. The largest absolute Gasteiger partial charge is 0.487 e. The van der Waals surface area contributed by atoms with Crippen LogP contribution in [0, 0.1) is 6.92 Å². The molecule has 122 valence electrons. The topological polar surface area (TPSA) is 66.8 Å². The number of aliphatic hydroxyl groups is 1. The number of ether oxygens (including phenoxy) is 1. The van der Waals surface area contributed by atoms with Gasteiger partial charge in [-0.1, -0.05) is 48.0 Å². The Morgan fingerprint density at radius 2 is 1.87 bits per heavy atom. The summed E-state index contributed by atoms with van der Waals surface area (Å²) in [5.41, 5.74) is 0.639. The Morgan fingerprint density at radius 1 is 1.22 bits per heavy atom. The van der Waals surface area contributed by atoms with Gasteiger partial charge in [-0.2, -0.15) is 0 Å². The summed E-state index contributed by atoms with van der Waals surface area (Å²) in [4.78, 5) is 11.0. The van der Waals surface area contributed by atoms with Gasteiger partial charge in [-0.05, 0) is 36.6 Å². The van der Waals surface area contributed by atoms with E-state index in [9.17, 15) is 9.90 Å². The summed E-state index contributed by atoms with van der Waals surface area (Å²) in [6.45, 7) is 3.50. The molecule has 0 unspecified atom stereocenters. The third-order valence-electron chi connectivity index (χ3n) is 3.52. The summed E-state index contributed by atoms with van der Waals surface area (Å²) in [5.74, 6) is -0.704. The van der Waals surface area contributed by atoms with Crippen LogP contribution in [0.25, 0.3) is 0 Å². The Balaban J connectivity index is 2.16. The summed E-state index contributed by atoms with van der Waals surface area (Å²) in [7, 11) is 0. The van der Waals surface area contributed by atoms with Crippen LogP contribution in [-0.2, 0) is 17.8 Å². The average molecular weight is 335 g/mol. The minimum Gasteiger partial charge on any atom is -0.487 e. The van der Waals surface area contributed by atoms with Crippen LogP contribution in [0.2, 0.25) is 5.02 Å². The number of hydrogen-bond donors (Lipinski definition) is 2. The molecule has 2 aromatic carbocycles. The van der Waals surface area contributed by atoms with E-state index in [0.717, 1.165) is 11.1 Å². The van der Waals surface area contributed by atoms with Crippen LogP contribution >= 0.6 is 11.6 Å². The van der Waals surface area contributed by atoms with E-state index >= 15 is 0 Å². The molecule has 2 N–H and O–H groups in total. The predicted molar refractivity (Wildman–Crippen MR) is 88.9 cm³/mol. The molecule has 0 spiro atoms. The molecule has 0 fully saturated rings. The van der Waals surface area contributed by atoms with Crippen molar-refractivity contribution in [1.29, 1.82) is 0 Å². The van der Waals surface area contributed by atoms with Crippen molar-refractivity contribution in [2.24, 2.45) is 0 Å². The number of carbonyl (C=O) groups is 1. The lowest BCUT2D eigenvalue weighted by Crippen LogP contribution is -2.37. The highest BCUT2D eigenvalue weighted by Crippen LogP contribution is 2.32. The number of aryl methyl sites for hydroxylation is 1. The molecular weight excluding hydrogens is 316 g/mol. The third-order valence-corrected chi connectivity index (χ3v) is 3.80. The van der Waals surface area contributed by atoms with Gasteiger partial charge >= 0.3 is 5.97 Å². The van der Waals surface area contributed by atoms with Crippen LogP contribution in [-0.4, -0.2) is 21.8 Å². The van der Waals surface area contributed by atoms with E-state index < -0.39 is 11.6 Å². The van der Waals surface area contributed by atoms with Crippen LogP contribution in [0.3, 0.4) is 0 Å². The number of carboxylic acids is 1. The molecule has 0 aliphatic heterocycles. The van der Waals surface area contributed by atoms with Crippen molar-refractivity contribution >= 4 is 17.6 Å². The van der Waals surface area contributed by atoms with Crippen LogP contribution in [0.15, 0.2) is 42.5 Å². The van der Waals surface area contributed by atoms with Crippen molar-refractivity contribution in [3.05, 3.63) is 64.2 Å². The molecular formula is C18H19ClO4. The molecule has 0 bridgehead atoms. The van der Waals surface area contributed by atoms with Crippen molar-refractivity contribution in [3.8, 4) is 5.75 Å². The van der Waals surface area contributed by atoms with Gasteiger partial charge in [-0.3, -0.25) is 0 Å². The molecule has 0 aromatic heterocycles. The summed E-state index contributed by atoms with van der Waals surface area (Å²) < 4.78 is 5.78. The number of halogens is 1. The maximum Gasteiger partial charge on any atom is 0.335 e. The maximum absolute atomic E-state index is 11.0. The molecule has 5 heteroatoms. The second kappa shape index (κ2) is 7.02. The van der Waals surface area contributed by atoms with E-state index in [2.05, 4.69) is 0 Å². The van der Waals surface area contributed by atoms with E-state index in [1.807, 2.05) is 37.3 Å². The van der Waals surface area contributed by atoms with Crippen molar-refractivity contribution in [2.75, 3.05) is 0 Å². The Morgan fingerprint density at radius 3 is 2.43 bits per heavy atom. The number of rotatable bonds is 6. The monoisotopic (exact) mass is 334 g/mol. The molecule has 23 heavy (non-hydrogen) atoms. The van der Waals surface area contributed by atoms with E-state index in [1.54, 1.807) is 12.1 Å². The third kappa shape index (κ3) is 4.47. The Hall–Kier alpha value is -2.04. The minimum atomic E-state index is -1.83. The van der Waals surface area contributed by atoms with Gasteiger partial charge in [0.2, 0.25) is 0 Å². The highest BCUT2D eigenvalue weighted by molar-refractivity contribution is 6.32. The first kappa shape index (κ1) is 17.3. The smallest absolute Gasteiger partial charge is 0.335 e. The van der Waals surface area contributed by atoms with Gasteiger partial charge < -0.3 is 14.9 Å². The first-order valence-corrected chi connectivity index (χ1v) is 7.59. The normalized spacial score (nSPS) is 13.4. The lowest BCUT2D eigenvalue weighted by Gasteiger charge is -2.19. The van der Waals surface area contributed by atoms with Crippen molar-refractivity contribution < 1.29 is 19.7 Å². The van der Waals surface area contributed by atoms with Gasteiger partial charge in [0.1, 0.15) is 12.4 Å². The van der Waals surface area contributed by atoms with Gasteiger partial charge in [-0.15, -0.1) is 0 Å². The molecule has 0 aliphatic rings. The number of carboxylic acid groups (broad SMARTS) is 1. The van der Waals surface area contributed by atoms with Crippen LogP contribution in [0.5, 0.6) is 5.75 Å². The Bertz CT molecular complexity index is 672. The van der Waals surface area contributed by atoms with Gasteiger partial charge in [0, 0.05) is 6.42 Å². The van der Waals surface area contributed by atoms with E-state index in [4.69, 9.17) is 21.4 Å². The summed E-state index contributed by atoms with van der Waals surface area (Å²) in [5, 5.41) is 19.3. The number of benzene rings is 2. The molecule has 4 nitrogen and oxygen atoms in total. The SMILES string of the molecule is Cc1cc(C[C@@](C)(O)C(=O)O)cc(Cl)c1OCc1ccccc1. The van der Waals surface area contributed by atoms with Crippen molar-refractivity contribution in [1.82, 2.24) is 0 Å². The second-order valence-corrected chi connectivity index (χ2v) is 6.16. The average Bonchev–Trinajstić information content (AvgIpc) is 2.46. The zero-order valence-electron chi connectivity index (χ0n) is 13.0. The minimum absolute atomic E-state index is 0.0259. The molecule has 0 saturated carbocycles. The first-order valence-electron chi connectivity index (χ1n) is 7.21. The van der Waals surface area contributed by atoms with Crippen LogP contribution in [0.4, 0.5) is 0 Å². The van der Waals surface area contributed by atoms with Crippen LogP contribution in [0.1, 0.15) is 23.6 Å². The fraction of sp³-hybridized carbons (Fsp3) is 0.278. The molecule has 0 aliphatic carbocycles. The molecule has 0 radical (unpaired) electrons. The summed E-state index contributed by atoms with van der Waals surface area (Å²) in [6.07, 6.45) is -0.0259. The van der Waals surface area contributed by atoms with Gasteiger partial charge in [0.25, 0.3) is 0 Å². The molecule has 2 rings (SSSR count). The lowest BCUT2D eigenvalue weighted by molar-refractivity contribution is -0.156. The quantitative estimate of drug-likeness (QED) is 0.847.